The lowest BCUT2D eigenvalue weighted by atomic mass is 10.0. The Morgan fingerprint density at radius 1 is 1.44 bits per heavy atom. The van der Waals surface area contributed by atoms with E-state index in [-0.39, 0.29) is 0 Å². The Hall–Kier alpha value is -0.940. The zero-order chi connectivity index (χ0) is 13.0. The summed E-state index contributed by atoms with van der Waals surface area (Å²) < 4.78 is 10.5. The molecule has 0 spiro atoms. The molecule has 0 aromatic carbocycles. The molecule has 0 bridgehead atoms. The van der Waals surface area contributed by atoms with Gasteiger partial charge in [0.2, 0.25) is 5.89 Å². The average molecular weight is 254 g/mol. The molecular weight excluding hydrogens is 232 g/mol. The maximum Gasteiger partial charge on any atom is 0.229 e. The van der Waals surface area contributed by atoms with Crippen molar-refractivity contribution in [1.29, 1.82) is 0 Å². The monoisotopic (exact) mass is 254 g/mol. The van der Waals surface area contributed by atoms with Crippen molar-refractivity contribution in [2.24, 2.45) is 11.8 Å². The first kappa shape index (κ1) is 13.5. The summed E-state index contributed by atoms with van der Waals surface area (Å²) in [5.74, 6) is 2.25. The van der Waals surface area contributed by atoms with Gasteiger partial charge in [-0.05, 0) is 24.7 Å². The number of nitrogens with zero attached hydrogens (tertiary/aromatic N) is 2. The molecule has 0 amide bonds. The Labute approximate surface area is 108 Å². The molecule has 0 aliphatic carbocycles. The minimum absolute atomic E-state index is 0.395. The van der Waals surface area contributed by atoms with E-state index in [9.17, 15) is 5.11 Å². The van der Waals surface area contributed by atoms with E-state index in [1.165, 1.54) is 0 Å². The van der Waals surface area contributed by atoms with Gasteiger partial charge in [-0.2, -0.15) is 4.98 Å². The van der Waals surface area contributed by atoms with Gasteiger partial charge in [0.15, 0.2) is 5.82 Å². The van der Waals surface area contributed by atoms with E-state index in [2.05, 4.69) is 24.0 Å². The van der Waals surface area contributed by atoms with Crippen LogP contribution in [-0.4, -0.2) is 34.6 Å². The molecule has 102 valence electrons. The molecule has 1 N–H and O–H groups in total. The molecule has 0 radical (unpaired) electrons. The fraction of sp³-hybridized carbons (Fsp3) is 0.846. The molecule has 1 aliphatic rings. The number of aromatic nitrogens is 2. The second kappa shape index (κ2) is 6.29. The Bertz CT molecular complexity index is 359. The summed E-state index contributed by atoms with van der Waals surface area (Å²) in [6, 6.07) is 0. The second-order valence-electron chi connectivity index (χ2n) is 5.53. The molecule has 2 heterocycles. The number of aliphatic hydroxyl groups is 1. The first-order valence-electron chi connectivity index (χ1n) is 6.70. The van der Waals surface area contributed by atoms with E-state index in [1.54, 1.807) is 0 Å². The summed E-state index contributed by atoms with van der Waals surface area (Å²) in [5.41, 5.74) is 0. The second-order valence-corrected chi connectivity index (χ2v) is 5.53. The van der Waals surface area contributed by atoms with Crippen molar-refractivity contribution in [2.75, 3.05) is 13.2 Å². The maximum atomic E-state index is 9.82. The number of rotatable bonds is 6. The van der Waals surface area contributed by atoms with Crippen LogP contribution in [-0.2, 0) is 17.6 Å². The van der Waals surface area contributed by atoms with Crippen LogP contribution >= 0.6 is 0 Å². The molecular formula is C13H22N2O3. The topological polar surface area (TPSA) is 68.4 Å². The lowest BCUT2D eigenvalue weighted by molar-refractivity contribution is 0.138. The predicted octanol–water partition coefficient (Wildman–Crippen LogP) is 1.60. The summed E-state index contributed by atoms with van der Waals surface area (Å²) in [7, 11) is 0. The van der Waals surface area contributed by atoms with E-state index in [4.69, 9.17) is 9.26 Å². The highest BCUT2D eigenvalue weighted by molar-refractivity contribution is 4.90. The Morgan fingerprint density at radius 2 is 2.28 bits per heavy atom. The largest absolute Gasteiger partial charge is 0.393 e. The van der Waals surface area contributed by atoms with Crippen LogP contribution in [0.1, 0.15) is 38.4 Å². The first-order valence-corrected chi connectivity index (χ1v) is 6.70. The van der Waals surface area contributed by atoms with E-state index in [0.717, 1.165) is 38.3 Å². The standard InChI is InChI=1S/C13H22N2O3/c1-9(2)5-11(16)7-13-14-12(15-18-13)6-10-3-4-17-8-10/h9-11,16H,3-8H2,1-2H3. The molecule has 5 heteroatoms. The van der Waals surface area contributed by atoms with E-state index >= 15 is 0 Å². The number of hydrogen-bond acceptors (Lipinski definition) is 5. The molecule has 1 aliphatic heterocycles. The number of ether oxygens (including phenoxy) is 1. The molecule has 5 nitrogen and oxygen atoms in total. The zero-order valence-corrected chi connectivity index (χ0v) is 11.1. The van der Waals surface area contributed by atoms with Crippen LogP contribution in [0.3, 0.4) is 0 Å². The molecule has 18 heavy (non-hydrogen) atoms. The van der Waals surface area contributed by atoms with Gasteiger partial charge < -0.3 is 14.4 Å². The summed E-state index contributed by atoms with van der Waals surface area (Å²) in [4.78, 5) is 4.33. The summed E-state index contributed by atoms with van der Waals surface area (Å²) in [6.45, 7) is 5.80. The van der Waals surface area contributed by atoms with Gasteiger partial charge in [-0.25, -0.2) is 0 Å². The highest BCUT2D eigenvalue weighted by atomic mass is 16.5. The third kappa shape index (κ3) is 4.07. The normalized spacial score (nSPS) is 21.7. The highest BCUT2D eigenvalue weighted by Crippen LogP contribution is 2.17. The van der Waals surface area contributed by atoms with E-state index < -0.39 is 6.10 Å². The first-order chi connectivity index (χ1) is 8.63. The van der Waals surface area contributed by atoms with Gasteiger partial charge in [0.25, 0.3) is 0 Å². The molecule has 1 aromatic heterocycles. The van der Waals surface area contributed by atoms with Crippen molar-refractivity contribution in [3.8, 4) is 0 Å². The Balaban J connectivity index is 1.81. The zero-order valence-electron chi connectivity index (χ0n) is 11.1. The van der Waals surface area contributed by atoms with Crippen molar-refractivity contribution in [3.05, 3.63) is 11.7 Å². The molecule has 2 rings (SSSR count). The van der Waals surface area contributed by atoms with Crippen LogP contribution in [0.2, 0.25) is 0 Å². The maximum absolute atomic E-state index is 9.82. The Kier molecular flexibility index (Phi) is 4.72. The van der Waals surface area contributed by atoms with Crippen molar-refractivity contribution in [3.63, 3.8) is 0 Å². The number of aliphatic hydroxyl groups excluding tert-OH is 1. The van der Waals surface area contributed by atoms with Gasteiger partial charge in [-0.3, -0.25) is 0 Å². The summed E-state index contributed by atoms with van der Waals surface area (Å²) in [5, 5.41) is 13.8. The fourth-order valence-corrected chi connectivity index (χ4v) is 2.29. The molecule has 1 fully saturated rings. The SMILES string of the molecule is CC(C)CC(O)Cc1nc(CC2CCOC2)no1. The smallest absolute Gasteiger partial charge is 0.229 e. The van der Waals surface area contributed by atoms with Crippen LogP contribution in [0.25, 0.3) is 0 Å². The molecule has 2 atom stereocenters. The van der Waals surface area contributed by atoms with Gasteiger partial charge in [0.1, 0.15) is 0 Å². The van der Waals surface area contributed by atoms with E-state index in [1.807, 2.05) is 0 Å². The van der Waals surface area contributed by atoms with E-state index in [0.29, 0.717) is 24.1 Å². The van der Waals surface area contributed by atoms with Crippen molar-refractivity contribution >= 4 is 0 Å². The van der Waals surface area contributed by atoms with Gasteiger partial charge in [-0.15, -0.1) is 0 Å². The van der Waals surface area contributed by atoms with Crippen LogP contribution in [0.4, 0.5) is 0 Å². The van der Waals surface area contributed by atoms with Crippen LogP contribution in [0, 0.1) is 11.8 Å². The quantitative estimate of drug-likeness (QED) is 0.835. The number of hydrogen-bond donors (Lipinski definition) is 1. The van der Waals surface area contributed by atoms with Gasteiger partial charge >= 0.3 is 0 Å². The lowest BCUT2D eigenvalue weighted by Crippen LogP contribution is -2.13. The van der Waals surface area contributed by atoms with Crippen LogP contribution in [0.5, 0.6) is 0 Å². The minimum Gasteiger partial charge on any atom is -0.393 e. The van der Waals surface area contributed by atoms with Gasteiger partial charge in [0, 0.05) is 19.6 Å². The predicted molar refractivity (Wildman–Crippen MR) is 66.1 cm³/mol. The molecule has 1 saturated heterocycles. The molecule has 2 unspecified atom stereocenters. The van der Waals surface area contributed by atoms with Crippen molar-refractivity contribution in [2.45, 2.75) is 45.6 Å². The third-order valence-corrected chi connectivity index (χ3v) is 3.16. The van der Waals surface area contributed by atoms with Crippen LogP contribution in [0.15, 0.2) is 4.52 Å². The minimum atomic E-state index is -0.395. The van der Waals surface area contributed by atoms with Gasteiger partial charge in [0.05, 0.1) is 12.5 Å². The van der Waals surface area contributed by atoms with Gasteiger partial charge in [-0.1, -0.05) is 19.0 Å². The van der Waals surface area contributed by atoms with Crippen molar-refractivity contribution in [1.82, 2.24) is 10.1 Å². The summed E-state index contributed by atoms with van der Waals surface area (Å²) >= 11 is 0. The summed E-state index contributed by atoms with van der Waals surface area (Å²) in [6.07, 6.45) is 2.69. The average Bonchev–Trinajstić information content (AvgIpc) is 2.89. The fourth-order valence-electron chi connectivity index (χ4n) is 2.29. The third-order valence-electron chi connectivity index (χ3n) is 3.16. The lowest BCUT2D eigenvalue weighted by Gasteiger charge is -2.09. The van der Waals surface area contributed by atoms with Crippen LogP contribution < -0.4 is 0 Å². The highest BCUT2D eigenvalue weighted by Gasteiger charge is 2.20. The molecule has 1 aromatic rings. The molecule has 0 saturated carbocycles. The Morgan fingerprint density at radius 3 is 2.94 bits per heavy atom. The van der Waals surface area contributed by atoms with Crippen molar-refractivity contribution < 1.29 is 14.4 Å².